The van der Waals surface area contributed by atoms with Crippen LogP contribution in [-0.2, 0) is 29.5 Å². The molecule has 0 N–H and O–H groups in total. The summed E-state index contributed by atoms with van der Waals surface area (Å²) >= 11 is 0. The van der Waals surface area contributed by atoms with Crippen molar-refractivity contribution < 1.29 is 25.3 Å². The number of hydrogen-bond donors (Lipinski definition) is 0. The van der Waals surface area contributed by atoms with Crippen molar-refractivity contribution in [2.45, 2.75) is 188 Å². The molecule has 0 aromatic heterocycles. The lowest BCUT2D eigenvalue weighted by atomic mass is 10.4. The van der Waals surface area contributed by atoms with Gasteiger partial charge in [-0.05, 0) is 72.8 Å². The normalized spacial score (nSPS) is 8.56. The highest BCUT2D eigenvalue weighted by molar-refractivity contribution is 7.92. The van der Waals surface area contributed by atoms with Crippen LogP contribution in [0.4, 0.5) is 0 Å². The van der Waals surface area contributed by atoms with E-state index in [0.717, 1.165) is 0 Å². The van der Waals surface area contributed by atoms with Crippen molar-refractivity contribution in [3.63, 3.8) is 0 Å². The van der Waals surface area contributed by atoms with Crippen LogP contribution in [0.3, 0.4) is 0 Å². The number of hydrogen-bond acceptors (Lipinski definition) is 6. The Morgan fingerprint density at radius 1 is 0.206 bits per heavy atom. The third-order valence-corrected chi connectivity index (χ3v) is 11.7. The lowest BCUT2D eigenvalue weighted by Crippen LogP contribution is -2.00. The standard InChI is InChI=1S/3C12H10O2S.C3H8.10C2H6/c3*13-15(14,11-7-3-1-4-8-11)12-9-5-2-6-10-12;1-3-2;10*1-2/h3*1-10H;3H2,1-2H3;10*1-2H3. The van der Waals surface area contributed by atoms with Crippen LogP contribution in [-0.4, -0.2) is 25.3 Å². The molecule has 6 rings (SSSR count). The summed E-state index contributed by atoms with van der Waals surface area (Å²) in [5, 5.41) is 0. The second-order valence-corrected chi connectivity index (χ2v) is 15.9. The van der Waals surface area contributed by atoms with E-state index < -0.39 is 29.5 Å². The third kappa shape index (κ3) is 35.3. The number of rotatable bonds is 6. The Kier molecular flexibility index (Phi) is 71.0. The summed E-state index contributed by atoms with van der Waals surface area (Å²) in [6.45, 7) is 44.2. The average molecular weight is 1000 g/mol. The van der Waals surface area contributed by atoms with Gasteiger partial charge in [-0.2, -0.15) is 0 Å². The minimum Gasteiger partial charge on any atom is -0.219 e. The van der Waals surface area contributed by atoms with Crippen molar-refractivity contribution in [1.82, 2.24) is 0 Å². The van der Waals surface area contributed by atoms with Gasteiger partial charge in [0.25, 0.3) is 0 Å². The van der Waals surface area contributed by atoms with Crippen molar-refractivity contribution in [3.05, 3.63) is 182 Å². The predicted molar refractivity (Wildman–Crippen MR) is 304 cm³/mol. The van der Waals surface area contributed by atoms with Gasteiger partial charge in [-0.15, -0.1) is 0 Å². The lowest BCUT2D eigenvalue weighted by molar-refractivity contribution is 0.594. The fourth-order valence-corrected chi connectivity index (χ4v) is 7.92. The molecule has 6 nitrogen and oxygen atoms in total. The largest absolute Gasteiger partial charge is 0.219 e. The second-order valence-electron chi connectivity index (χ2n) is 10.1. The van der Waals surface area contributed by atoms with Crippen molar-refractivity contribution in [2.75, 3.05) is 0 Å². The lowest BCUT2D eigenvalue weighted by Gasteiger charge is -2.03. The van der Waals surface area contributed by atoms with E-state index in [2.05, 4.69) is 13.8 Å². The Morgan fingerprint density at radius 3 is 0.353 bits per heavy atom. The summed E-state index contributed by atoms with van der Waals surface area (Å²) in [5.74, 6) is 0. The fourth-order valence-electron chi connectivity index (χ4n) is 4.01. The molecule has 0 spiro atoms. The molecule has 0 aliphatic carbocycles. The zero-order valence-corrected chi connectivity index (χ0v) is 49.2. The van der Waals surface area contributed by atoms with E-state index >= 15 is 0 Å². The zero-order valence-electron chi connectivity index (χ0n) is 46.7. The van der Waals surface area contributed by atoms with Gasteiger partial charge in [-0.1, -0.05) is 268 Å². The smallest absolute Gasteiger partial charge is 0.206 e. The minimum atomic E-state index is -3.34. The Hall–Kier alpha value is -4.83. The van der Waals surface area contributed by atoms with E-state index in [-0.39, 0.29) is 0 Å². The summed E-state index contributed by atoms with van der Waals surface area (Å²) in [6, 6.07) is 50.6. The second kappa shape index (κ2) is 60.2. The molecule has 0 bridgehead atoms. The molecule has 9 heteroatoms. The molecule has 0 aliphatic heterocycles. The van der Waals surface area contributed by atoms with Gasteiger partial charge in [0.1, 0.15) is 0 Å². The summed E-state index contributed by atoms with van der Waals surface area (Å²) in [5.41, 5.74) is 0. The van der Waals surface area contributed by atoms with E-state index in [0.29, 0.717) is 29.4 Å². The van der Waals surface area contributed by atoms with Gasteiger partial charge in [0.15, 0.2) is 0 Å². The maximum atomic E-state index is 12.0. The molecule has 0 unspecified atom stereocenters. The molecule has 6 aromatic carbocycles. The molecule has 0 radical (unpaired) electrons. The average Bonchev–Trinajstić information content (AvgIpc) is 3.46. The van der Waals surface area contributed by atoms with Gasteiger partial charge in [0.05, 0.1) is 29.4 Å². The molecular weight excluding hydrogens is 901 g/mol. The SMILES string of the molecule is CC.CC.CC.CC.CC.CC.CC.CC.CC.CC.CCC.O=S(=O)(c1ccccc1)c1ccccc1.O=S(=O)(c1ccccc1)c1ccccc1.O=S(=O)(c1ccccc1)c1ccccc1. The fraction of sp³-hybridized carbons (Fsp3) is 0.390. The molecule has 388 valence electrons. The number of benzene rings is 6. The van der Waals surface area contributed by atoms with Gasteiger partial charge in [0, 0.05) is 0 Å². The van der Waals surface area contributed by atoms with Crippen LogP contribution in [0.15, 0.2) is 211 Å². The van der Waals surface area contributed by atoms with Crippen LogP contribution >= 0.6 is 0 Å². The van der Waals surface area contributed by atoms with E-state index in [1.54, 1.807) is 182 Å². The van der Waals surface area contributed by atoms with Crippen LogP contribution in [0.5, 0.6) is 0 Å². The predicted octanol–water partition coefficient (Wildman–Crippen LogP) is 19.2. The maximum Gasteiger partial charge on any atom is 0.206 e. The van der Waals surface area contributed by atoms with Crippen LogP contribution in [0.2, 0.25) is 0 Å². The van der Waals surface area contributed by atoms with E-state index in [1.165, 1.54) is 6.42 Å². The van der Waals surface area contributed by atoms with Gasteiger partial charge < -0.3 is 0 Å². The van der Waals surface area contributed by atoms with Crippen LogP contribution < -0.4 is 0 Å². The third-order valence-electron chi connectivity index (χ3n) is 6.32. The molecule has 6 aromatic rings. The number of sulfone groups is 3. The van der Waals surface area contributed by atoms with E-state index in [4.69, 9.17) is 0 Å². The highest BCUT2D eigenvalue weighted by Gasteiger charge is 2.17. The van der Waals surface area contributed by atoms with E-state index in [1.807, 2.05) is 138 Å². The quantitative estimate of drug-likeness (QED) is 0.165. The van der Waals surface area contributed by atoms with Crippen LogP contribution in [0.25, 0.3) is 0 Å². The summed E-state index contributed by atoms with van der Waals surface area (Å²) in [4.78, 5) is 1.98. The summed E-state index contributed by atoms with van der Waals surface area (Å²) in [6.07, 6.45) is 1.25. The maximum absolute atomic E-state index is 12.0. The van der Waals surface area contributed by atoms with Gasteiger partial charge in [-0.3, -0.25) is 0 Å². The Labute approximate surface area is 422 Å². The Morgan fingerprint density at radius 2 is 0.279 bits per heavy atom. The Bertz CT molecular complexity index is 1730. The summed E-state index contributed by atoms with van der Waals surface area (Å²) in [7, 11) is -10.0. The molecule has 0 atom stereocenters. The van der Waals surface area contributed by atoms with Crippen molar-refractivity contribution in [2.24, 2.45) is 0 Å². The van der Waals surface area contributed by atoms with Crippen LogP contribution in [0, 0.1) is 0 Å². The summed E-state index contributed by atoms with van der Waals surface area (Å²) < 4.78 is 72.2. The first-order valence-electron chi connectivity index (χ1n) is 25.1. The molecule has 0 aliphatic rings. The molecule has 0 amide bonds. The first kappa shape index (κ1) is 80.2. The highest BCUT2D eigenvalue weighted by Crippen LogP contribution is 2.21. The van der Waals surface area contributed by atoms with Gasteiger partial charge >= 0.3 is 0 Å². The molecule has 68 heavy (non-hydrogen) atoms. The molecule has 0 saturated heterocycles. The Balaban J connectivity index is -0.000000109. The van der Waals surface area contributed by atoms with Gasteiger partial charge in [-0.25, -0.2) is 25.3 Å². The van der Waals surface area contributed by atoms with Gasteiger partial charge in [0.2, 0.25) is 29.5 Å². The van der Waals surface area contributed by atoms with Crippen molar-refractivity contribution in [1.29, 1.82) is 0 Å². The highest BCUT2D eigenvalue weighted by atomic mass is 32.2. The topological polar surface area (TPSA) is 102 Å². The molecule has 0 heterocycles. The minimum absolute atomic E-state index is 0.330. The van der Waals surface area contributed by atoms with Crippen molar-refractivity contribution in [3.8, 4) is 0 Å². The monoisotopic (exact) mass is 999 g/mol. The zero-order chi connectivity index (χ0) is 54.9. The molecule has 0 saturated carbocycles. The van der Waals surface area contributed by atoms with Crippen LogP contribution in [0.1, 0.15) is 159 Å². The molecular formula is C59H98O6S3. The molecule has 0 fully saturated rings. The first-order chi connectivity index (χ1) is 33.0. The van der Waals surface area contributed by atoms with Crippen molar-refractivity contribution >= 4 is 29.5 Å². The van der Waals surface area contributed by atoms with E-state index in [9.17, 15) is 25.3 Å². The first-order valence-corrected chi connectivity index (χ1v) is 29.6.